The van der Waals surface area contributed by atoms with Crippen LogP contribution < -0.4 is 31.8 Å². The number of fused-ring (bicyclic) bond motifs is 3. The standard InChI is InChI=1S/C38H28O2P2/c39-41(31-13-5-1-6-14-31,32-15-7-2-8-16-32)35-23-25-37-29(27-35)21-22-30-28-36(24-26-38(30)37)42(40,33-17-9-3-10-18-33)34-19-11-4-12-20-34/h1-28H. The van der Waals surface area contributed by atoms with Crippen molar-refractivity contribution < 1.29 is 9.13 Å². The second kappa shape index (κ2) is 10.7. The van der Waals surface area contributed by atoms with Crippen LogP contribution >= 0.6 is 14.3 Å². The predicted octanol–water partition coefficient (Wildman–Crippen LogP) is 7.27. The smallest absolute Gasteiger partial charge is 0.171 e. The molecular formula is C38H28O2P2. The van der Waals surface area contributed by atoms with Crippen LogP contribution in [0.15, 0.2) is 170 Å². The highest BCUT2D eigenvalue weighted by atomic mass is 31.2. The lowest BCUT2D eigenvalue weighted by atomic mass is 10.0. The average Bonchev–Trinajstić information content (AvgIpc) is 3.08. The van der Waals surface area contributed by atoms with Gasteiger partial charge in [0.05, 0.1) is 0 Å². The number of benzene rings is 7. The molecule has 0 unspecified atom stereocenters. The largest absolute Gasteiger partial charge is 0.309 e. The van der Waals surface area contributed by atoms with E-state index in [-0.39, 0.29) is 0 Å². The molecule has 0 saturated heterocycles. The highest BCUT2D eigenvalue weighted by molar-refractivity contribution is 7.85. The van der Waals surface area contributed by atoms with Crippen LogP contribution in [0.25, 0.3) is 21.5 Å². The zero-order valence-corrected chi connectivity index (χ0v) is 24.7. The first-order chi connectivity index (χ1) is 20.6. The predicted molar refractivity (Wildman–Crippen MR) is 180 cm³/mol. The third-order valence-corrected chi connectivity index (χ3v) is 14.1. The van der Waals surface area contributed by atoms with Gasteiger partial charge in [0.25, 0.3) is 0 Å². The van der Waals surface area contributed by atoms with E-state index in [0.717, 1.165) is 53.4 Å². The molecule has 0 spiro atoms. The van der Waals surface area contributed by atoms with Gasteiger partial charge >= 0.3 is 0 Å². The summed E-state index contributed by atoms with van der Waals surface area (Å²) in [4.78, 5) is 0. The SMILES string of the molecule is O=P(c1ccccc1)(c1ccccc1)c1ccc2c(ccc3cc(P(=O)(c4ccccc4)c4ccccc4)ccc32)c1. The van der Waals surface area contributed by atoms with Crippen molar-refractivity contribution in [2.24, 2.45) is 0 Å². The minimum atomic E-state index is -3.08. The molecule has 0 aliphatic heterocycles. The van der Waals surface area contributed by atoms with E-state index in [1.807, 2.05) is 133 Å². The highest BCUT2D eigenvalue weighted by Gasteiger charge is 2.31. The fourth-order valence-corrected chi connectivity index (χ4v) is 11.3. The van der Waals surface area contributed by atoms with Crippen molar-refractivity contribution in [2.45, 2.75) is 0 Å². The van der Waals surface area contributed by atoms with Crippen LogP contribution in [0, 0.1) is 0 Å². The topological polar surface area (TPSA) is 34.1 Å². The van der Waals surface area contributed by atoms with E-state index in [9.17, 15) is 9.13 Å². The van der Waals surface area contributed by atoms with Crippen LogP contribution in [0.1, 0.15) is 0 Å². The summed E-state index contributed by atoms with van der Waals surface area (Å²) in [6.07, 6.45) is 0. The summed E-state index contributed by atoms with van der Waals surface area (Å²) in [5, 5.41) is 9.08. The molecule has 0 radical (unpaired) electrons. The van der Waals surface area contributed by atoms with Gasteiger partial charge in [0.1, 0.15) is 0 Å². The molecule has 0 heterocycles. The first-order valence-corrected chi connectivity index (χ1v) is 17.4. The minimum absolute atomic E-state index is 0.807. The molecule has 202 valence electrons. The number of hydrogen-bond acceptors (Lipinski definition) is 2. The van der Waals surface area contributed by atoms with Crippen LogP contribution in [0.4, 0.5) is 0 Å². The molecule has 7 aromatic carbocycles. The molecule has 0 aromatic heterocycles. The lowest BCUT2D eigenvalue weighted by Crippen LogP contribution is -2.25. The molecule has 7 rings (SSSR count). The fraction of sp³-hybridized carbons (Fsp3) is 0. The van der Waals surface area contributed by atoms with Gasteiger partial charge in [-0.05, 0) is 33.7 Å². The van der Waals surface area contributed by atoms with Crippen molar-refractivity contribution in [3.63, 3.8) is 0 Å². The second-order valence-corrected chi connectivity index (χ2v) is 16.0. The molecule has 0 aliphatic rings. The van der Waals surface area contributed by atoms with Gasteiger partial charge in [-0.25, -0.2) is 0 Å². The molecule has 2 nitrogen and oxygen atoms in total. The maximum absolute atomic E-state index is 14.9. The lowest BCUT2D eigenvalue weighted by Gasteiger charge is -2.21. The van der Waals surface area contributed by atoms with E-state index >= 15 is 0 Å². The first kappa shape index (κ1) is 26.4. The first-order valence-electron chi connectivity index (χ1n) is 14.0. The monoisotopic (exact) mass is 578 g/mol. The molecule has 0 amide bonds. The molecular weight excluding hydrogens is 550 g/mol. The van der Waals surface area contributed by atoms with Crippen molar-refractivity contribution in [2.75, 3.05) is 0 Å². The Hall–Kier alpha value is -4.48. The Kier molecular flexibility index (Phi) is 6.75. The molecule has 0 N–H and O–H groups in total. The van der Waals surface area contributed by atoms with Crippen LogP contribution in [0.2, 0.25) is 0 Å². The van der Waals surface area contributed by atoms with Crippen molar-refractivity contribution in [3.05, 3.63) is 170 Å². The summed E-state index contributed by atoms with van der Waals surface area (Å²) >= 11 is 0. The molecule has 0 atom stereocenters. The Labute approximate surface area is 246 Å². The van der Waals surface area contributed by atoms with Crippen molar-refractivity contribution in [3.8, 4) is 0 Å². The van der Waals surface area contributed by atoms with Crippen molar-refractivity contribution >= 4 is 67.7 Å². The normalized spacial score (nSPS) is 12.0. The Morgan fingerprint density at radius 3 is 0.857 bits per heavy atom. The zero-order chi connectivity index (χ0) is 28.6. The number of hydrogen-bond donors (Lipinski definition) is 0. The maximum atomic E-state index is 14.9. The van der Waals surface area contributed by atoms with E-state index in [4.69, 9.17) is 0 Å². The molecule has 4 heteroatoms. The quantitative estimate of drug-likeness (QED) is 0.154. The van der Waals surface area contributed by atoms with E-state index < -0.39 is 14.3 Å². The summed E-state index contributed by atoms with van der Waals surface area (Å²) in [6.45, 7) is 0. The van der Waals surface area contributed by atoms with Crippen molar-refractivity contribution in [1.29, 1.82) is 0 Å². The summed E-state index contributed by atoms with van der Waals surface area (Å²) in [5.74, 6) is 0. The van der Waals surface area contributed by atoms with E-state index in [1.165, 1.54) is 0 Å². The Morgan fingerprint density at radius 1 is 0.286 bits per heavy atom. The molecule has 0 aliphatic carbocycles. The van der Waals surface area contributed by atoms with Gasteiger partial charge in [-0.2, -0.15) is 0 Å². The van der Waals surface area contributed by atoms with Crippen LogP contribution in [-0.4, -0.2) is 0 Å². The minimum Gasteiger partial charge on any atom is -0.309 e. The van der Waals surface area contributed by atoms with E-state index in [2.05, 4.69) is 36.4 Å². The summed E-state index contributed by atoms with van der Waals surface area (Å²) < 4.78 is 29.8. The number of rotatable bonds is 6. The van der Waals surface area contributed by atoms with Crippen LogP contribution in [-0.2, 0) is 9.13 Å². The molecule has 0 fully saturated rings. The molecule has 42 heavy (non-hydrogen) atoms. The van der Waals surface area contributed by atoms with Crippen LogP contribution in [0.3, 0.4) is 0 Å². The fourth-order valence-electron chi connectivity index (χ4n) is 5.88. The third-order valence-electron chi connectivity index (χ3n) is 8.01. The molecule has 0 bridgehead atoms. The van der Waals surface area contributed by atoms with Crippen LogP contribution in [0.5, 0.6) is 0 Å². The summed E-state index contributed by atoms with van der Waals surface area (Å²) in [7, 11) is -6.15. The maximum Gasteiger partial charge on any atom is 0.171 e. The van der Waals surface area contributed by atoms with Gasteiger partial charge in [-0.15, -0.1) is 0 Å². The summed E-state index contributed by atoms with van der Waals surface area (Å²) in [6, 6.07) is 55.5. The summed E-state index contributed by atoms with van der Waals surface area (Å²) in [5.41, 5.74) is 0. The highest BCUT2D eigenvalue weighted by Crippen LogP contribution is 2.45. The van der Waals surface area contributed by atoms with Crippen molar-refractivity contribution in [1.82, 2.24) is 0 Å². The Morgan fingerprint density at radius 2 is 0.571 bits per heavy atom. The average molecular weight is 579 g/mol. The van der Waals surface area contributed by atoms with Gasteiger partial charge in [-0.3, -0.25) is 0 Å². The third kappa shape index (κ3) is 4.36. The van der Waals surface area contributed by atoms with Gasteiger partial charge in [0, 0.05) is 31.8 Å². The Balaban J connectivity index is 1.39. The second-order valence-electron chi connectivity index (χ2n) is 10.4. The van der Waals surface area contributed by atoms with E-state index in [1.54, 1.807) is 0 Å². The van der Waals surface area contributed by atoms with E-state index in [0.29, 0.717) is 0 Å². The van der Waals surface area contributed by atoms with Gasteiger partial charge in [-0.1, -0.05) is 158 Å². The molecule has 7 aromatic rings. The lowest BCUT2D eigenvalue weighted by molar-refractivity contribution is 0.591. The van der Waals surface area contributed by atoms with Gasteiger partial charge < -0.3 is 9.13 Å². The zero-order valence-electron chi connectivity index (χ0n) is 22.9. The Bertz CT molecular complexity index is 1880. The molecule has 0 saturated carbocycles. The van der Waals surface area contributed by atoms with Gasteiger partial charge in [0.2, 0.25) is 0 Å². The van der Waals surface area contributed by atoms with Gasteiger partial charge in [0.15, 0.2) is 14.3 Å².